The Labute approximate surface area is 94.0 Å². The molecule has 4 nitrogen and oxygen atoms in total. The smallest absolute Gasteiger partial charge is 0.136 e. The number of nitrogens with zero attached hydrogens (tertiary/aromatic N) is 2. The molecule has 16 heavy (non-hydrogen) atoms. The van der Waals surface area contributed by atoms with Crippen molar-refractivity contribution in [3.63, 3.8) is 0 Å². The van der Waals surface area contributed by atoms with Gasteiger partial charge in [0.25, 0.3) is 0 Å². The molecule has 0 aliphatic rings. The van der Waals surface area contributed by atoms with E-state index in [1.54, 1.807) is 12.4 Å². The number of hydrogen-bond acceptors (Lipinski definition) is 3. The van der Waals surface area contributed by atoms with Crippen LogP contribution in [0.5, 0.6) is 0 Å². The quantitative estimate of drug-likeness (QED) is 0.811. The maximum Gasteiger partial charge on any atom is 0.136 e. The van der Waals surface area contributed by atoms with E-state index in [0.29, 0.717) is 6.54 Å². The maximum absolute atomic E-state index is 9.03. The average Bonchev–Trinajstić information content (AvgIpc) is 2.85. The highest BCUT2D eigenvalue weighted by Gasteiger charge is 2.09. The van der Waals surface area contributed by atoms with E-state index < -0.39 is 0 Å². The van der Waals surface area contributed by atoms with E-state index in [1.165, 1.54) is 0 Å². The van der Waals surface area contributed by atoms with Crippen molar-refractivity contribution in [1.82, 2.24) is 15.3 Å². The highest BCUT2D eigenvalue weighted by atomic mass is 14.9. The van der Waals surface area contributed by atoms with Crippen LogP contribution in [0.4, 0.5) is 0 Å². The summed E-state index contributed by atoms with van der Waals surface area (Å²) in [6.07, 6.45) is 5.30. The minimum Gasteiger partial charge on any atom is -0.363 e. The third-order valence-corrected chi connectivity index (χ3v) is 2.32. The number of nitrogens with one attached hydrogen (secondary N) is 2. The zero-order chi connectivity index (χ0) is 11.2. The maximum atomic E-state index is 9.03. The molecule has 0 radical (unpaired) electrons. The molecule has 0 spiro atoms. The van der Waals surface area contributed by atoms with Gasteiger partial charge in [-0.1, -0.05) is 0 Å². The zero-order valence-electron chi connectivity index (χ0n) is 8.72. The molecule has 2 aromatic heterocycles. The molecule has 0 aliphatic carbocycles. The number of nitriles is 1. The first-order chi connectivity index (χ1) is 7.90. The SMILES string of the molecule is N#CC(NCc1ccncc1)c1ccc[nH]1. The lowest BCUT2D eigenvalue weighted by atomic mass is 10.2. The predicted octanol–water partition coefficient (Wildman–Crippen LogP) is 1.76. The molecule has 0 fully saturated rings. The van der Waals surface area contributed by atoms with Gasteiger partial charge in [-0.3, -0.25) is 10.3 Å². The van der Waals surface area contributed by atoms with Gasteiger partial charge in [0, 0.05) is 30.8 Å². The molecule has 2 aromatic rings. The highest BCUT2D eigenvalue weighted by molar-refractivity contribution is 5.17. The van der Waals surface area contributed by atoms with Crippen molar-refractivity contribution in [1.29, 1.82) is 5.26 Å². The second-order valence-electron chi connectivity index (χ2n) is 3.42. The van der Waals surface area contributed by atoms with Crippen LogP contribution in [0.25, 0.3) is 0 Å². The second-order valence-corrected chi connectivity index (χ2v) is 3.42. The van der Waals surface area contributed by atoms with Crippen LogP contribution in [0.15, 0.2) is 42.9 Å². The summed E-state index contributed by atoms with van der Waals surface area (Å²) in [6, 6.07) is 9.55. The Bertz CT molecular complexity index is 456. The Morgan fingerprint density at radius 1 is 1.38 bits per heavy atom. The number of H-pyrrole nitrogens is 1. The fraction of sp³-hybridized carbons (Fsp3) is 0.167. The molecule has 0 saturated carbocycles. The van der Waals surface area contributed by atoms with Crippen molar-refractivity contribution in [2.24, 2.45) is 0 Å². The number of aromatic nitrogens is 2. The van der Waals surface area contributed by atoms with Crippen molar-refractivity contribution < 1.29 is 0 Å². The van der Waals surface area contributed by atoms with Crippen molar-refractivity contribution >= 4 is 0 Å². The zero-order valence-corrected chi connectivity index (χ0v) is 8.72. The molecule has 0 saturated heterocycles. The van der Waals surface area contributed by atoms with Gasteiger partial charge in [-0.25, -0.2) is 0 Å². The van der Waals surface area contributed by atoms with E-state index in [4.69, 9.17) is 5.26 Å². The van der Waals surface area contributed by atoms with Crippen molar-refractivity contribution in [2.45, 2.75) is 12.6 Å². The fourth-order valence-corrected chi connectivity index (χ4v) is 1.47. The van der Waals surface area contributed by atoms with Gasteiger partial charge < -0.3 is 4.98 Å². The van der Waals surface area contributed by atoms with Gasteiger partial charge in [-0.2, -0.15) is 5.26 Å². The van der Waals surface area contributed by atoms with Gasteiger partial charge in [0.05, 0.1) is 6.07 Å². The first kappa shape index (κ1) is 10.4. The molecule has 2 heterocycles. The Kier molecular flexibility index (Phi) is 3.31. The average molecular weight is 212 g/mol. The molecule has 2 N–H and O–H groups in total. The minimum atomic E-state index is -0.303. The Balaban J connectivity index is 1.97. The van der Waals surface area contributed by atoms with E-state index >= 15 is 0 Å². The molecule has 0 aliphatic heterocycles. The fourth-order valence-electron chi connectivity index (χ4n) is 1.47. The first-order valence-electron chi connectivity index (χ1n) is 5.05. The standard InChI is InChI=1S/C12H12N4/c13-8-12(11-2-1-5-15-11)16-9-10-3-6-14-7-4-10/h1-7,12,15-16H,9H2. The van der Waals surface area contributed by atoms with Gasteiger partial charge in [-0.15, -0.1) is 0 Å². The third-order valence-electron chi connectivity index (χ3n) is 2.32. The van der Waals surface area contributed by atoms with Crippen LogP contribution in [0, 0.1) is 11.3 Å². The summed E-state index contributed by atoms with van der Waals surface area (Å²) in [6.45, 7) is 0.653. The summed E-state index contributed by atoms with van der Waals surface area (Å²) in [5.41, 5.74) is 2.00. The summed E-state index contributed by atoms with van der Waals surface area (Å²) in [4.78, 5) is 6.97. The van der Waals surface area contributed by atoms with E-state index in [9.17, 15) is 0 Å². The molecule has 80 valence electrons. The van der Waals surface area contributed by atoms with Crippen LogP contribution >= 0.6 is 0 Å². The lowest BCUT2D eigenvalue weighted by Gasteiger charge is -2.09. The monoisotopic (exact) mass is 212 g/mol. The first-order valence-corrected chi connectivity index (χ1v) is 5.05. The number of pyridine rings is 1. The third kappa shape index (κ3) is 2.47. The van der Waals surface area contributed by atoms with Gasteiger partial charge in [0.2, 0.25) is 0 Å². The summed E-state index contributed by atoms with van der Waals surface area (Å²) in [5.74, 6) is 0. The van der Waals surface area contributed by atoms with Gasteiger partial charge in [0.15, 0.2) is 0 Å². The van der Waals surface area contributed by atoms with Crippen LogP contribution in [0.3, 0.4) is 0 Å². The Morgan fingerprint density at radius 2 is 2.19 bits per heavy atom. The van der Waals surface area contributed by atoms with Gasteiger partial charge in [-0.05, 0) is 29.8 Å². The van der Waals surface area contributed by atoms with Crippen LogP contribution in [-0.2, 0) is 6.54 Å². The Morgan fingerprint density at radius 3 is 2.81 bits per heavy atom. The normalized spacial score (nSPS) is 11.9. The molecule has 2 rings (SSSR count). The number of rotatable bonds is 4. The minimum absolute atomic E-state index is 0.303. The summed E-state index contributed by atoms with van der Waals surface area (Å²) in [7, 11) is 0. The van der Waals surface area contributed by atoms with Crippen LogP contribution in [0.1, 0.15) is 17.3 Å². The lowest BCUT2D eigenvalue weighted by molar-refractivity contribution is 0.619. The molecule has 0 bridgehead atoms. The molecule has 0 amide bonds. The van der Waals surface area contributed by atoms with Crippen LogP contribution < -0.4 is 5.32 Å². The highest BCUT2D eigenvalue weighted by Crippen LogP contribution is 2.09. The van der Waals surface area contributed by atoms with Crippen molar-refractivity contribution in [3.8, 4) is 6.07 Å². The van der Waals surface area contributed by atoms with Crippen molar-refractivity contribution in [3.05, 3.63) is 54.1 Å². The number of aromatic amines is 1. The molecular formula is C12H12N4. The largest absolute Gasteiger partial charge is 0.363 e. The molecule has 4 heteroatoms. The predicted molar refractivity (Wildman–Crippen MR) is 60.2 cm³/mol. The molecule has 1 atom stereocenters. The van der Waals surface area contributed by atoms with Crippen LogP contribution in [-0.4, -0.2) is 9.97 Å². The summed E-state index contributed by atoms with van der Waals surface area (Å²) < 4.78 is 0. The van der Waals surface area contributed by atoms with Crippen LogP contribution in [0.2, 0.25) is 0 Å². The summed E-state index contributed by atoms with van der Waals surface area (Å²) >= 11 is 0. The summed E-state index contributed by atoms with van der Waals surface area (Å²) in [5, 5.41) is 12.2. The molecule has 0 aromatic carbocycles. The number of hydrogen-bond donors (Lipinski definition) is 2. The van der Waals surface area contributed by atoms with E-state index in [2.05, 4.69) is 21.4 Å². The molecule has 1 unspecified atom stereocenters. The van der Waals surface area contributed by atoms with E-state index in [1.807, 2.05) is 30.5 Å². The van der Waals surface area contributed by atoms with E-state index in [0.717, 1.165) is 11.3 Å². The van der Waals surface area contributed by atoms with Gasteiger partial charge in [0.1, 0.15) is 6.04 Å². The molecular weight excluding hydrogens is 200 g/mol. The topological polar surface area (TPSA) is 64.5 Å². The van der Waals surface area contributed by atoms with Gasteiger partial charge >= 0.3 is 0 Å². The van der Waals surface area contributed by atoms with Crippen molar-refractivity contribution in [2.75, 3.05) is 0 Å². The Hall–Kier alpha value is -2.12. The second kappa shape index (κ2) is 5.10. The van der Waals surface area contributed by atoms with E-state index in [-0.39, 0.29) is 6.04 Å². The lowest BCUT2D eigenvalue weighted by Crippen LogP contribution is -2.19.